The maximum atomic E-state index is 5.53. The Morgan fingerprint density at radius 3 is 1.02 bits per heavy atom. The Hall–Kier alpha value is -4.77. The molecule has 6 rings (SSSR count). The van der Waals surface area contributed by atoms with Crippen molar-refractivity contribution in [3.05, 3.63) is 182 Å². The van der Waals surface area contributed by atoms with Gasteiger partial charge >= 0.3 is 5.96 Å². The molecule has 0 saturated carbocycles. The van der Waals surface area contributed by atoms with Gasteiger partial charge in [-0.25, -0.2) is 4.90 Å². The number of anilines is 2. The lowest BCUT2D eigenvalue weighted by Crippen LogP contribution is -3.00. The van der Waals surface area contributed by atoms with Crippen LogP contribution in [-0.4, -0.2) is 5.96 Å². The van der Waals surface area contributed by atoms with Crippen LogP contribution in [0.5, 0.6) is 0 Å². The van der Waals surface area contributed by atoms with E-state index in [1.165, 1.54) is 0 Å². The zero-order chi connectivity index (χ0) is 27.0. The largest absolute Gasteiger partial charge is 1.00 e. The first kappa shape index (κ1) is 27.8. The molecular formula is C37H30BrN3. The molecule has 200 valence electrons. The fraction of sp³-hybridized carbons (Fsp3) is 0. The molecule has 0 unspecified atom stereocenters. The van der Waals surface area contributed by atoms with Crippen molar-refractivity contribution in [1.29, 1.82) is 0 Å². The highest BCUT2D eigenvalue weighted by Crippen LogP contribution is 2.47. The molecular weight excluding hydrogens is 566 g/mol. The summed E-state index contributed by atoms with van der Waals surface area (Å²) in [5.74, 6) is 0.826. The molecule has 0 aliphatic carbocycles. The normalized spacial score (nSPS) is 11.4. The summed E-state index contributed by atoms with van der Waals surface area (Å²) < 4.78 is 0.265. The highest BCUT2D eigenvalue weighted by atomic mass is 79.9. The number of rotatable bonds is 6. The minimum absolute atomic E-state index is 0. The van der Waals surface area contributed by atoms with E-state index in [9.17, 15) is 0 Å². The van der Waals surface area contributed by atoms with Gasteiger partial charge in [-0.1, -0.05) is 109 Å². The van der Waals surface area contributed by atoms with Crippen molar-refractivity contribution >= 4 is 40.1 Å². The lowest BCUT2D eigenvalue weighted by Gasteiger charge is -2.41. The van der Waals surface area contributed by atoms with Crippen molar-refractivity contribution in [2.24, 2.45) is 4.99 Å². The first-order valence-corrected chi connectivity index (χ1v) is 13.5. The molecule has 0 bridgehead atoms. The Bertz CT molecular complexity index is 1520. The second kappa shape index (κ2) is 13.1. The Kier molecular flexibility index (Phi) is 8.85. The third-order valence-corrected chi connectivity index (χ3v) is 6.94. The smallest absolute Gasteiger partial charge is 0.330 e. The van der Waals surface area contributed by atoms with Gasteiger partial charge in [0.1, 0.15) is 0 Å². The fourth-order valence-corrected chi connectivity index (χ4v) is 5.18. The summed E-state index contributed by atoms with van der Waals surface area (Å²) in [5, 5.41) is 0. The van der Waals surface area contributed by atoms with Gasteiger partial charge in [0.15, 0.2) is 17.1 Å². The Balaban J connectivity index is 0.00000337. The predicted octanol–water partition coefficient (Wildman–Crippen LogP) is 7.19. The summed E-state index contributed by atoms with van der Waals surface area (Å²) in [6, 6.07) is 63.1. The van der Waals surface area contributed by atoms with Crippen LogP contribution in [0.15, 0.2) is 187 Å². The number of hydrogen-bond acceptors (Lipinski definition) is 1. The second-order valence-electron chi connectivity index (χ2n) is 9.43. The predicted molar refractivity (Wildman–Crippen MR) is 169 cm³/mol. The van der Waals surface area contributed by atoms with Gasteiger partial charge in [-0.15, -0.1) is 0 Å². The topological polar surface area (TPSA) is 15.6 Å². The van der Waals surface area contributed by atoms with Crippen LogP contribution in [0.4, 0.5) is 34.1 Å². The van der Waals surface area contributed by atoms with Crippen LogP contribution in [0.25, 0.3) is 0 Å². The Labute approximate surface area is 252 Å². The van der Waals surface area contributed by atoms with E-state index in [-0.39, 0.29) is 21.5 Å². The molecule has 0 saturated heterocycles. The molecule has 0 heterocycles. The van der Waals surface area contributed by atoms with E-state index in [0.29, 0.717) is 0 Å². The number of para-hydroxylation sites is 6. The third kappa shape index (κ3) is 5.62. The van der Waals surface area contributed by atoms with Crippen LogP contribution in [0.2, 0.25) is 0 Å². The van der Waals surface area contributed by atoms with Crippen LogP contribution >= 0.6 is 0 Å². The van der Waals surface area contributed by atoms with E-state index in [1.54, 1.807) is 0 Å². The molecule has 0 spiro atoms. The van der Waals surface area contributed by atoms with Crippen molar-refractivity contribution < 1.29 is 17.0 Å². The van der Waals surface area contributed by atoms with E-state index in [2.05, 4.69) is 157 Å². The number of hydrogen-bond donors (Lipinski definition) is 0. The van der Waals surface area contributed by atoms with Gasteiger partial charge in [0, 0.05) is 36.4 Å². The molecule has 0 fully saturated rings. The minimum atomic E-state index is 0. The first-order valence-electron chi connectivity index (χ1n) is 13.5. The van der Waals surface area contributed by atoms with Crippen molar-refractivity contribution in [2.45, 2.75) is 0 Å². The molecule has 0 atom stereocenters. The molecule has 0 aliphatic rings. The first-order chi connectivity index (χ1) is 19.9. The van der Waals surface area contributed by atoms with Gasteiger partial charge in [-0.2, -0.15) is 9.48 Å². The van der Waals surface area contributed by atoms with Gasteiger partial charge in [0.05, 0.1) is 17.1 Å². The summed E-state index contributed by atoms with van der Waals surface area (Å²) in [5.41, 5.74) is 6.14. The zero-order valence-corrected chi connectivity index (χ0v) is 24.1. The van der Waals surface area contributed by atoms with Crippen molar-refractivity contribution in [2.75, 3.05) is 4.90 Å². The summed E-state index contributed by atoms with van der Waals surface area (Å²) in [4.78, 5) is 7.81. The summed E-state index contributed by atoms with van der Waals surface area (Å²) in [6.45, 7) is 0. The van der Waals surface area contributed by atoms with Gasteiger partial charge in [0.25, 0.3) is 0 Å². The molecule has 3 nitrogen and oxygen atoms in total. The number of aliphatic imine (C=N–C) groups is 1. The summed E-state index contributed by atoms with van der Waals surface area (Å²) >= 11 is 0. The average molecular weight is 597 g/mol. The second-order valence-corrected chi connectivity index (χ2v) is 9.43. The van der Waals surface area contributed by atoms with Crippen LogP contribution in [0.1, 0.15) is 0 Å². The number of quaternary nitrogens is 1. The van der Waals surface area contributed by atoms with Crippen LogP contribution in [-0.2, 0) is 0 Å². The number of benzene rings is 6. The lowest BCUT2D eigenvalue weighted by molar-refractivity contribution is -0.00000776. The van der Waals surface area contributed by atoms with E-state index in [4.69, 9.17) is 4.99 Å². The van der Waals surface area contributed by atoms with Gasteiger partial charge < -0.3 is 17.0 Å². The lowest BCUT2D eigenvalue weighted by atomic mass is 10.1. The molecule has 41 heavy (non-hydrogen) atoms. The van der Waals surface area contributed by atoms with Crippen LogP contribution in [0, 0.1) is 0 Å². The standard InChI is InChI=1S/C37H30N3.BrH/c1-7-19-31(20-8-1)38-37(39(32-21-9-2-10-22-32)33-23-11-3-12-24-33)40(34-25-13-4-14-26-34,35-27-15-5-16-28-35)36-29-17-6-18-30-36;/h1-30H;1H/q+1;/p-1. The molecule has 0 aromatic heterocycles. The van der Waals surface area contributed by atoms with Crippen LogP contribution < -0.4 is 26.4 Å². The van der Waals surface area contributed by atoms with Gasteiger partial charge in [-0.05, 0) is 36.4 Å². The Morgan fingerprint density at radius 1 is 0.390 bits per heavy atom. The molecule has 4 heteroatoms. The van der Waals surface area contributed by atoms with Crippen LogP contribution in [0.3, 0.4) is 0 Å². The average Bonchev–Trinajstić information content (AvgIpc) is 3.05. The van der Waals surface area contributed by atoms with Crippen molar-refractivity contribution in [3.63, 3.8) is 0 Å². The van der Waals surface area contributed by atoms with E-state index < -0.39 is 0 Å². The third-order valence-electron chi connectivity index (χ3n) is 6.94. The molecule has 0 amide bonds. The van der Waals surface area contributed by atoms with Gasteiger partial charge in [0.2, 0.25) is 0 Å². The summed E-state index contributed by atoms with van der Waals surface area (Å²) in [7, 11) is 0. The highest BCUT2D eigenvalue weighted by molar-refractivity contribution is 6.16. The maximum absolute atomic E-state index is 5.53. The summed E-state index contributed by atoms with van der Waals surface area (Å²) in [6.07, 6.45) is 0. The van der Waals surface area contributed by atoms with E-state index in [1.807, 2.05) is 30.3 Å². The zero-order valence-electron chi connectivity index (χ0n) is 22.5. The highest BCUT2D eigenvalue weighted by Gasteiger charge is 2.46. The van der Waals surface area contributed by atoms with E-state index in [0.717, 1.165) is 40.1 Å². The SMILES string of the molecule is [Br-].c1ccc(N=C(N(c2ccccc2)c2ccccc2)[N+](c2ccccc2)(c2ccccc2)c2ccccc2)cc1. The molecule has 6 aromatic carbocycles. The quantitative estimate of drug-likeness (QED) is 0.113. The molecule has 6 aromatic rings. The van der Waals surface area contributed by atoms with E-state index >= 15 is 0 Å². The molecule has 0 N–H and O–H groups in total. The monoisotopic (exact) mass is 595 g/mol. The van der Waals surface area contributed by atoms with Gasteiger partial charge in [-0.3, -0.25) is 0 Å². The number of halogens is 1. The fourth-order valence-electron chi connectivity index (χ4n) is 5.18. The molecule has 0 radical (unpaired) electrons. The molecule has 0 aliphatic heterocycles. The number of guanidine groups is 1. The maximum Gasteiger partial charge on any atom is 0.330 e. The van der Waals surface area contributed by atoms with Crippen molar-refractivity contribution in [3.8, 4) is 0 Å². The number of nitrogens with zero attached hydrogens (tertiary/aromatic N) is 3. The Morgan fingerprint density at radius 2 is 0.683 bits per heavy atom. The van der Waals surface area contributed by atoms with Crippen molar-refractivity contribution in [1.82, 2.24) is 4.48 Å². The minimum Gasteiger partial charge on any atom is -1.00 e.